The van der Waals surface area contributed by atoms with Gasteiger partial charge in [0.25, 0.3) is 0 Å². The average Bonchev–Trinajstić information content (AvgIpc) is 2.40. The fourth-order valence-corrected chi connectivity index (χ4v) is 1.87. The van der Waals surface area contributed by atoms with E-state index < -0.39 is 11.7 Å². The molecule has 1 atom stereocenters. The third-order valence-corrected chi connectivity index (χ3v) is 2.83. The molecule has 0 aliphatic rings. The average molecular weight is 266 g/mol. The standard InChI is InChI=1S/C14H13F3N2/c1-18-13(10-5-3-2-4-6-10)12-8-7-11(9-19-12)14(15,16)17/h2-9,13,18H,1H3. The van der Waals surface area contributed by atoms with Gasteiger partial charge in [-0.25, -0.2) is 0 Å². The van der Waals surface area contributed by atoms with Crippen LogP contribution in [0.4, 0.5) is 13.2 Å². The SMILES string of the molecule is CNC(c1ccccc1)c1ccc(C(F)(F)F)cn1. The molecule has 1 unspecified atom stereocenters. The molecule has 2 rings (SSSR count). The van der Waals surface area contributed by atoms with Crippen molar-refractivity contribution in [3.8, 4) is 0 Å². The van der Waals surface area contributed by atoms with E-state index in [0.717, 1.165) is 17.8 Å². The molecule has 0 fully saturated rings. The Kier molecular flexibility index (Phi) is 3.85. The van der Waals surface area contributed by atoms with Crippen molar-refractivity contribution in [1.29, 1.82) is 0 Å². The minimum atomic E-state index is -4.35. The highest BCUT2D eigenvalue weighted by molar-refractivity contribution is 5.29. The molecule has 2 nitrogen and oxygen atoms in total. The molecule has 1 heterocycles. The highest BCUT2D eigenvalue weighted by atomic mass is 19.4. The maximum Gasteiger partial charge on any atom is 0.417 e. The summed E-state index contributed by atoms with van der Waals surface area (Å²) in [6.07, 6.45) is -3.49. The van der Waals surface area contributed by atoms with Gasteiger partial charge in [0.15, 0.2) is 0 Å². The van der Waals surface area contributed by atoms with E-state index in [1.165, 1.54) is 6.07 Å². The number of pyridine rings is 1. The van der Waals surface area contributed by atoms with Crippen molar-refractivity contribution >= 4 is 0 Å². The first-order chi connectivity index (χ1) is 9.02. The van der Waals surface area contributed by atoms with Crippen LogP contribution in [0.15, 0.2) is 48.7 Å². The van der Waals surface area contributed by atoms with Crippen molar-refractivity contribution in [3.63, 3.8) is 0 Å². The lowest BCUT2D eigenvalue weighted by molar-refractivity contribution is -0.137. The predicted octanol–water partition coefficient (Wildman–Crippen LogP) is 3.41. The molecule has 0 amide bonds. The monoisotopic (exact) mass is 266 g/mol. The number of aromatic nitrogens is 1. The smallest absolute Gasteiger partial charge is 0.308 e. The summed E-state index contributed by atoms with van der Waals surface area (Å²) in [5.74, 6) is 0. The highest BCUT2D eigenvalue weighted by Gasteiger charge is 2.31. The number of nitrogens with zero attached hydrogens (tertiary/aromatic N) is 1. The summed E-state index contributed by atoms with van der Waals surface area (Å²) in [6.45, 7) is 0. The Hall–Kier alpha value is -1.88. The van der Waals surface area contributed by atoms with Gasteiger partial charge in [0.1, 0.15) is 0 Å². The van der Waals surface area contributed by atoms with Crippen LogP contribution in [0.25, 0.3) is 0 Å². The van der Waals surface area contributed by atoms with Gasteiger partial charge in [0, 0.05) is 6.20 Å². The lowest BCUT2D eigenvalue weighted by Gasteiger charge is -2.16. The van der Waals surface area contributed by atoms with Crippen LogP contribution < -0.4 is 5.32 Å². The molecule has 0 spiro atoms. The number of hydrogen-bond donors (Lipinski definition) is 1. The zero-order valence-electron chi connectivity index (χ0n) is 10.3. The van der Waals surface area contributed by atoms with Gasteiger partial charge >= 0.3 is 6.18 Å². The molecule has 1 N–H and O–H groups in total. The van der Waals surface area contributed by atoms with E-state index in [1.54, 1.807) is 7.05 Å². The molecule has 0 radical (unpaired) electrons. The normalized spacial score (nSPS) is 13.3. The quantitative estimate of drug-likeness (QED) is 0.920. The van der Waals surface area contributed by atoms with Crippen molar-refractivity contribution < 1.29 is 13.2 Å². The summed E-state index contributed by atoms with van der Waals surface area (Å²) in [7, 11) is 1.75. The van der Waals surface area contributed by atoms with Crippen LogP contribution in [-0.4, -0.2) is 12.0 Å². The molecule has 0 saturated carbocycles. The van der Waals surface area contributed by atoms with Crippen LogP contribution in [0, 0.1) is 0 Å². The van der Waals surface area contributed by atoms with Crippen LogP contribution in [-0.2, 0) is 6.18 Å². The zero-order chi connectivity index (χ0) is 13.9. The molecule has 5 heteroatoms. The number of hydrogen-bond acceptors (Lipinski definition) is 2. The van der Waals surface area contributed by atoms with Gasteiger partial charge in [-0.15, -0.1) is 0 Å². The Labute approximate surface area is 109 Å². The highest BCUT2D eigenvalue weighted by Crippen LogP contribution is 2.29. The summed E-state index contributed by atoms with van der Waals surface area (Å²) in [4.78, 5) is 3.91. The van der Waals surface area contributed by atoms with E-state index >= 15 is 0 Å². The minimum Gasteiger partial charge on any atom is -0.308 e. The van der Waals surface area contributed by atoms with Crippen molar-refractivity contribution in [3.05, 3.63) is 65.5 Å². The van der Waals surface area contributed by atoms with E-state index in [0.29, 0.717) is 5.69 Å². The molecule has 0 saturated heterocycles. The molecule has 1 aromatic heterocycles. The Morgan fingerprint density at radius 1 is 1.05 bits per heavy atom. The summed E-state index contributed by atoms with van der Waals surface area (Å²) in [6, 6.07) is 11.7. The van der Waals surface area contributed by atoms with Gasteiger partial charge in [0.2, 0.25) is 0 Å². The number of benzene rings is 1. The van der Waals surface area contributed by atoms with Crippen LogP contribution in [0.3, 0.4) is 0 Å². The number of alkyl halides is 3. The summed E-state index contributed by atoms with van der Waals surface area (Å²) in [5, 5.41) is 3.05. The molecule has 0 bridgehead atoms. The Bertz CT molecular complexity index is 521. The second-order valence-electron chi connectivity index (χ2n) is 4.10. The summed E-state index contributed by atoms with van der Waals surface area (Å²) < 4.78 is 37.4. The van der Waals surface area contributed by atoms with Crippen molar-refractivity contribution in [2.24, 2.45) is 0 Å². The molecule has 19 heavy (non-hydrogen) atoms. The molecule has 0 aliphatic heterocycles. The third-order valence-electron chi connectivity index (χ3n) is 2.83. The van der Waals surface area contributed by atoms with Crippen molar-refractivity contribution in [2.45, 2.75) is 12.2 Å². The maximum atomic E-state index is 12.5. The largest absolute Gasteiger partial charge is 0.417 e. The van der Waals surface area contributed by atoms with Crippen LogP contribution in [0.2, 0.25) is 0 Å². The second-order valence-corrected chi connectivity index (χ2v) is 4.10. The molecule has 100 valence electrons. The lowest BCUT2D eigenvalue weighted by Crippen LogP contribution is -2.19. The van der Waals surface area contributed by atoms with Gasteiger partial charge in [-0.1, -0.05) is 30.3 Å². The molecule has 0 aliphatic carbocycles. The number of nitrogens with one attached hydrogen (secondary N) is 1. The Balaban J connectivity index is 2.30. The lowest BCUT2D eigenvalue weighted by atomic mass is 10.0. The van der Waals surface area contributed by atoms with Gasteiger partial charge < -0.3 is 5.32 Å². The van der Waals surface area contributed by atoms with Gasteiger partial charge in [-0.3, -0.25) is 4.98 Å². The minimum absolute atomic E-state index is 0.219. The van der Waals surface area contributed by atoms with E-state index in [-0.39, 0.29) is 6.04 Å². The van der Waals surface area contributed by atoms with E-state index in [9.17, 15) is 13.2 Å². The van der Waals surface area contributed by atoms with Crippen LogP contribution in [0.1, 0.15) is 22.9 Å². The third kappa shape index (κ3) is 3.12. The molecular formula is C14H13F3N2. The first-order valence-electron chi connectivity index (χ1n) is 5.77. The fraction of sp³-hybridized carbons (Fsp3) is 0.214. The van der Waals surface area contributed by atoms with Crippen molar-refractivity contribution in [1.82, 2.24) is 10.3 Å². The topological polar surface area (TPSA) is 24.9 Å². The summed E-state index contributed by atoms with van der Waals surface area (Å²) >= 11 is 0. The summed E-state index contributed by atoms with van der Waals surface area (Å²) in [5.41, 5.74) is 0.776. The number of halogens is 3. The zero-order valence-corrected chi connectivity index (χ0v) is 10.3. The second kappa shape index (κ2) is 5.40. The van der Waals surface area contributed by atoms with Gasteiger partial charge in [-0.05, 0) is 24.7 Å². The van der Waals surface area contributed by atoms with E-state index in [2.05, 4.69) is 10.3 Å². The molecule has 2 aromatic rings. The first kappa shape index (κ1) is 13.5. The van der Waals surface area contributed by atoms with Gasteiger partial charge in [-0.2, -0.15) is 13.2 Å². The predicted molar refractivity (Wildman–Crippen MR) is 66.6 cm³/mol. The van der Waals surface area contributed by atoms with E-state index in [1.807, 2.05) is 30.3 Å². The molecular weight excluding hydrogens is 253 g/mol. The van der Waals surface area contributed by atoms with E-state index in [4.69, 9.17) is 0 Å². The fourth-order valence-electron chi connectivity index (χ4n) is 1.87. The van der Waals surface area contributed by atoms with Gasteiger partial charge in [0.05, 0.1) is 17.3 Å². The molecule has 1 aromatic carbocycles. The van der Waals surface area contributed by atoms with Crippen molar-refractivity contribution in [2.75, 3.05) is 7.05 Å². The first-order valence-corrected chi connectivity index (χ1v) is 5.77. The number of rotatable bonds is 3. The van der Waals surface area contributed by atoms with Crippen LogP contribution in [0.5, 0.6) is 0 Å². The maximum absolute atomic E-state index is 12.5. The van der Waals surface area contributed by atoms with Crippen LogP contribution >= 0.6 is 0 Å². The Morgan fingerprint density at radius 3 is 2.21 bits per heavy atom. The Morgan fingerprint density at radius 2 is 1.74 bits per heavy atom.